The third-order valence-electron chi connectivity index (χ3n) is 3.39. The highest BCUT2D eigenvalue weighted by Gasteiger charge is 2.42. The van der Waals surface area contributed by atoms with Gasteiger partial charge in [-0.3, -0.25) is 10.1 Å². The SMILES string of the molecule is Cl.Cl.O=C(Nc1ccc(-n2cccn2)c(F)c1)C1CC(F)(F)CN1. The van der Waals surface area contributed by atoms with E-state index in [1.54, 1.807) is 12.3 Å². The molecule has 3 rings (SSSR count). The molecule has 0 bridgehead atoms. The summed E-state index contributed by atoms with van der Waals surface area (Å²) in [5.41, 5.74) is 0.434. The molecule has 5 nitrogen and oxygen atoms in total. The largest absolute Gasteiger partial charge is 0.325 e. The maximum absolute atomic E-state index is 14.0. The van der Waals surface area contributed by atoms with E-state index in [0.29, 0.717) is 0 Å². The van der Waals surface area contributed by atoms with Crippen molar-refractivity contribution in [3.05, 3.63) is 42.5 Å². The fourth-order valence-corrected chi connectivity index (χ4v) is 2.31. The van der Waals surface area contributed by atoms with E-state index in [9.17, 15) is 18.0 Å². The first-order chi connectivity index (χ1) is 10.4. The van der Waals surface area contributed by atoms with Crippen LogP contribution in [0.3, 0.4) is 0 Å². The van der Waals surface area contributed by atoms with Gasteiger partial charge in [0.15, 0.2) is 5.82 Å². The number of nitrogens with zero attached hydrogens (tertiary/aromatic N) is 2. The molecule has 1 aromatic heterocycles. The van der Waals surface area contributed by atoms with Crippen LogP contribution in [0, 0.1) is 5.82 Å². The molecule has 1 aromatic carbocycles. The number of carbonyl (C=O) groups excluding carboxylic acids is 1. The number of rotatable bonds is 3. The van der Waals surface area contributed by atoms with Gasteiger partial charge in [0.05, 0.1) is 12.6 Å². The molecule has 1 atom stereocenters. The zero-order valence-corrected chi connectivity index (χ0v) is 13.8. The molecule has 2 aromatic rings. The van der Waals surface area contributed by atoms with Crippen molar-refractivity contribution in [1.82, 2.24) is 15.1 Å². The summed E-state index contributed by atoms with van der Waals surface area (Å²) in [7, 11) is 0. The highest BCUT2D eigenvalue weighted by molar-refractivity contribution is 5.95. The van der Waals surface area contributed by atoms with E-state index >= 15 is 0 Å². The fourth-order valence-electron chi connectivity index (χ4n) is 2.31. The molecule has 1 saturated heterocycles. The van der Waals surface area contributed by atoms with Crippen molar-refractivity contribution in [2.24, 2.45) is 0 Å². The Hall–Kier alpha value is -1.77. The van der Waals surface area contributed by atoms with Crippen LogP contribution in [0.5, 0.6) is 0 Å². The molecule has 132 valence electrons. The Morgan fingerprint density at radius 3 is 2.67 bits per heavy atom. The van der Waals surface area contributed by atoms with E-state index in [-0.39, 0.29) is 36.2 Å². The molecule has 1 unspecified atom stereocenters. The van der Waals surface area contributed by atoms with Crippen molar-refractivity contribution in [2.75, 3.05) is 11.9 Å². The maximum atomic E-state index is 14.0. The average Bonchev–Trinajstić information content (AvgIpc) is 3.08. The summed E-state index contributed by atoms with van der Waals surface area (Å²) < 4.78 is 41.5. The number of benzene rings is 1. The molecule has 2 N–H and O–H groups in total. The van der Waals surface area contributed by atoms with E-state index < -0.39 is 36.7 Å². The van der Waals surface area contributed by atoms with E-state index in [2.05, 4.69) is 15.7 Å². The minimum atomic E-state index is -2.89. The monoisotopic (exact) mass is 382 g/mol. The van der Waals surface area contributed by atoms with Crippen LogP contribution in [-0.4, -0.2) is 34.2 Å². The summed E-state index contributed by atoms with van der Waals surface area (Å²) in [4.78, 5) is 11.9. The normalized spacial score (nSPS) is 18.4. The summed E-state index contributed by atoms with van der Waals surface area (Å²) >= 11 is 0. The number of hydrogen-bond donors (Lipinski definition) is 2. The smallest absolute Gasteiger partial charge is 0.262 e. The van der Waals surface area contributed by atoms with Crippen LogP contribution < -0.4 is 10.6 Å². The van der Waals surface area contributed by atoms with Crippen molar-refractivity contribution in [3.63, 3.8) is 0 Å². The number of aromatic nitrogens is 2. The molecule has 24 heavy (non-hydrogen) atoms. The number of halogens is 5. The number of anilines is 1. The Labute approximate surface area is 148 Å². The number of hydrogen-bond acceptors (Lipinski definition) is 3. The number of nitrogens with one attached hydrogen (secondary N) is 2. The average molecular weight is 383 g/mol. The quantitative estimate of drug-likeness (QED) is 0.857. The lowest BCUT2D eigenvalue weighted by molar-refractivity contribution is -0.118. The van der Waals surface area contributed by atoms with Gasteiger partial charge < -0.3 is 5.32 Å². The molecular weight excluding hydrogens is 368 g/mol. The van der Waals surface area contributed by atoms with Gasteiger partial charge in [0, 0.05) is 24.5 Å². The van der Waals surface area contributed by atoms with Crippen molar-refractivity contribution in [3.8, 4) is 5.69 Å². The third-order valence-corrected chi connectivity index (χ3v) is 3.39. The van der Waals surface area contributed by atoms with Crippen LogP contribution in [0.15, 0.2) is 36.7 Å². The van der Waals surface area contributed by atoms with Gasteiger partial charge in [-0.2, -0.15) is 5.10 Å². The summed E-state index contributed by atoms with van der Waals surface area (Å²) in [5, 5.41) is 8.79. The first kappa shape index (κ1) is 20.3. The standard InChI is InChI=1S/C14H13F3N4O.2ClH/c15-10-6-9(2-3-12(10)21-5-1-4-19-21)20-13(22)11-7-14(16,17)8-18-11;;/h1-6,11,18H,7-8H2,(H,20,22);2*1H. The van der Waals surface area contributed by atoms with Crippen molar-refractivity contribution >= 4 is 36.4 Å². The fraction of sp³-hybridized carbons (Fsp3) is 0.286. The van der Waals surface area contributed by atoms with Crippen molar-refractivity contribution < 1.29 is 18.0 Å². The van der Waals surface area contributed by atoms with Crippen LogP contribution in [0.4, 0.5) is 18.9 Å². The Balaban J connectivity index is 0.00000144. The number of amides is 1. The summed E-state index contributed by atoms with van der Waals surface area (Å²) in [6.07, 6.45) is 2.54. The van der Waals surface area contributed by atoms with E-state index in [4.69, 9.17) is 0 Å². The third kappa shape index (κ3) is 4.40. The van der Waals surface area contributed by atoms with E-state index in [0.717, 1.165) is 6.07 Å². The Kier molecular flexibility index (Phi) is 6.65. The highest BCUT2D eigenvalue weighted by Crippen LogP contribution is 2.26. The lowest BCUT2D eigenvalue weighted by Gasteiger charge is -2.12. The van der Waals surface area contributed by atoms with Crippen molar-refractivity contribution in [1.29, 1.82) is 0 Å². The second-order valence-corrected chi connectivity index (χ2v) is 5.10. The Morgan fingerprint density at radius 2 is 2.12 bits per heavy atom. The zero-order valence-electron chi connectivity index (χ0n) is 12.2. The number of carbonyl (C=O) groups is 1. The van der Waals surface area contributed by atoms with Crippen LogP contribution in [0.25, 0.3) is 5.69 Å². The van der Waals surface area contributed by atoms with E-state index in [1.807, 2.05) is 0 Å². The minimum absolute atomic E-state index is 0. The summed E-state index contributed by atoms with van der Waals surface area (Å²) in [5.74, 6) is -4.08. The van der Waals surface area contributed by atoms with Gasteiger partial charge in [-0.25, -0.2) is 17.9 Å². The first-order valence-electron chi connectivity index (χ1n) is 6.66. The Morgan fingerprint density at radius 1 is 1.38 bits per heavy atom. The van der Waals surface area contributed by atoms with Crippen molar-refractivity contribution in [2.45, 2.75) is 18.4 Å². The van der Waals surface area contributed by atoms with Crippen LogP contribution in [0.2, 0.25) is 0 Å². The first-order valence-corrected chi connectivity index (χ1v) is 6.66. The molecule has 0 radical (unpaired) electrons. The maximum Gasteiger partial charge on any atom is 0.262 e. The molecule has 10 heteroatoms. The second kappa shape index (κ2) is 7.87. The lowest BCUT2D eigenvalue weighted by atomic mass is 10.1. The van der Waals surface area contributed by atoms with Gasteiger partial charge >= 0.3 is 0 Å². The van der Waals surface area contributed by atoms with Gasteiger partial charge in [-0.15, -0.1) is 24.8 Å². The molecule has 1 fully saturated rings. The lowest BCUT2D eigenvalue weighted by Crippen LogP contribution is -2.35. The van der Waals surface area contributed by atoms with E-state index in [1.165, 1.54) is 23.0 Å². The predicted octanol–water partition coefficient (Wildman–Crippen LogP) is 2.79. The highest BCUT2D eigenvalue weighted by atomic mass is 35.5. The van der Waals surface area contributed by atoms with Gasteiger partial charge in [-0.1, -0.05) is 0 Å². The van der Waals surface area contributed by atoms with Gasteiger partial charge in [-0.05, 0) is 24.3 Å². The molecule has 1 amide bonds. The topological polar surface area (TPSA) is 59.0 Å². The van der Waals surface area contributed by atoms with Gasteiger partial charge in [0.25, 0.3) is 5.92 Å². The second-order valence-electron chi connectivity index (χ2n) is 5.10. The van der Waals surface area contributed by atoms with Crippen LogP contribution in [-0.2, 0) is 4.79 Å². The number of alkyl halides is 2. The molecule has 1 aliphatic rings. The Bertz CT molecular complexity index is 697. The molecule has 2 heterocycles. The summed E-state index contributed by atoms with van der Waals surface area (Å²) in [6.45, 7) is -0.530. The predicted molar refractivity (Wildman–Crippen MR) is 88.0 cm³/mol. The minimum Gasteiger partial charge on any atom is -0.325 e. The zero-order chi connectivity index (χ0) is 15.7. The molecule has 0 saturated carbocycles. The molecule has 0 aliphatic carbocycles. The summed E-state index contributed by atoms with van der Waals surface area (Å²) in [6, 6.07) is 4.74. The molecule has 0 spiro atoms. The van der Waals surface area contributed by atoms with Crippen LogP contribution >= 0.6 is 24.8 Å². The van der Waals surface area contributed by atoms with Gasteiger partial charge in [0.2, 0.25) is 5.91 Å². The van der Waals surface area contributed by atoms with Crippen LogP contribution in [0.1, 0.15) is 6.42 Å². The molecular formula is C14H15Cl2F3N4O. The van der Waals surface area contributed by atoms with Gasteiger partial charge in [0.1, 0.15) is 5.69 Å². The molecule has 1 aliphatic heterocycles.